The van der Waals surface area contributed by atoms with E-state index < -0.39 is 0 Å². The van der Waals surface area contributed by atoms with Gasteiger partial charge in [-0.1, -0.05) is 57.2 Å². The highest BCUT2D eigenvalue weighted by Gasteiger charge is 2.13. The molecule has 0 N–H and O–H groups in total. The van der Waals surface area contributed by atoms with Crippen LogP contribution in [0.4, 0.5) is 0 Å². The summed E-state index contributed by atoms with van der Waals surface area (Å²) in [6, 6.07) is 17.0. The Balaban J connectivity index is 2.16. The molecule has 112 valence electrons. The summed E-state index contributed by atoms with van der Waals surface area (Å²) in [4.78, 5) is 0. The number of ether oxygens (including phenoxy) is 1. The number of rotatable bonds is 5. The van der Waals surface area contributed by atoms with Crippen LogP contribution in [0.25, 0.3) is 11.1 Å². The van der Waals surface area contributed by atoms with E-state index >= 15 is 0 Å². The fourth-order valence-corrected chi connectivity index (χ4v) is 2.28. The van der Waals surface area contributed by atoms with Gasteiger partial charge in [-0.15, -0.1) is 11.6 Å². The molecule has 21 heavy (non-hydrogen) atoms. The van der Waals surface area contributed by atoms with Gasteiger partial charge in [0, 0.05) is 5.88 Å². The molecule has 0 radical (unpaired) electrons. The lowest BCUT2D eigenvalue weighted by Gasteiger charge is -2.19. The number of hydrogen-bond acceptors (Lipinski definition) is 1. The van der Waals surface area contributed by atoms with Crippen LogP contribution in [0, 0.1) is 0 Å². The van der Waals surface area contributed by atoms with E-state index in [1.54, 1.807) is 0 Å². The lowest BCUT2D eigenvalue weighted by atomic mass is 9.86. The second-order valence-electron chi connectivity index (χ2n) is 6.25. The average molecular weight is 303 g/mol. The zero-order valence-corrected chi connectivity index (χ0v) is 13.8. The van der Waals surface area contributed by atoms with Gasteiger partial charge in [-0.3, -0.25) is 0 Å². The molecule has 1 nitrogen and oxygen atoms in total. The van der Waals surface area contributed by atoms with Crippen LogP contribution in [0.2, 0.25) is 0 Å². The molecular formula is C19H23ClO. The van der Waals surface area contributed by atoms with Gasteiger partial charge in [0.05, 0.1) is 6.61 Å². The van der Waals surface area contributed by atoms with E-state index in [2.05, 4.69) is 57.2 Å². The predicted molar refractivity (Wildman–Crippen MR) is 91.4 cm³/mol. The lowest BCUT2D eigenvalue weighted by molar-refractivity contribution is 0.318. The maximum absolute atomic E-state index is 5.70. The Hall–Kier alpha value is -1.47. The Bertz CT molecular complexity index is 567. The first kappa shape index (κ1) is 15.9. The minimum Gasteiger partial charge on any atom is -0.494 e. The Kier molecular flexibility index (Phi) is 5.30. The molecule has 2 heteroatoms. The maximum atomic E-state index is 5.70. The third-order valence-electron chi connectivity index (χ3n) is 3.46. The number of alkyl halides is 1. The van der Waals surface area contributed by atoms with Gasteiger partial charge in [0.25, 0.3) is 0 Å². The molecule has 2 aromatic carbocycles. The SMILES string of the molecule is CC(C)(C)c1ccc(-c2cccc(OCCCCl)c2)cc1. The van der Waals surface area contributed by atoms with Crippen molar-refractivity contribution in [1.82, 2.24) is 0 Å². The first-order valence-electron chi connectivity index (χ1n) is 7.40. The van der Waals surface area contributed by atoms with Crippen LogP contribution < -0.4 is 4.74 Å². The van der Waals surface area contributed by atoms with Gasteiger partial charge in [0.2, 0.25) is 0 Å². The molecule has 0 amide bonds. The average Bonchev–Trinajstić information content (AvgIpc) is 2.47. The molecule has 0 fully saturated rings. The first-order valence-corrected chi connectivity index (χ1v) is 7.94. The smallest absolute Gasteiger partial charge is 0.119 e. The first-order chi connectivity index (χ1) is 10.0. The quantitative estimate of drug-likeness (QED) is 0.511. The second kappa shape index (κ2) is 7.00. The molecule has 0 saturated heterocycles. The van der Waals surface area contributed by atoms with Gasteiger partial charge >= 0.3 is 0 Å². The van der Waals surface area contributed by atoms with Gasteiger partial charge in [-0.05, 0) is 40.7 Å². The summed E-state index contributed by atoms with van der Waals surface area (Å²) in [5.74, 6) is 1.53. The molecule has 0 unspecified atom stereocenters. The van der Waals surface area contributed by atoms with Crippen molar-refractivity contribution in [2.75, 3.05) is 12.5 Å². The molecule has 0 aliphatic heterocycles. The van der Waals surface area contributed by atoms with Gasteiger partial charge in [-0.25, -0.2) is 0 Å². The summed E-state index contributed by atoms with van der Waals surface area (Å²) in [6.07, 6.45) is 0.867. The standard InChI is InChI=1S/C19H23ClO/c1-19(2,3)17-10-8-15(9-11-17)16-6-4-7-18(14-16)21-13-5-12-20/h4,6-11,14H,5,12-13H2,1-3H3. The molecule has 2 rings (SSSR count). The lowest BCUT2D eigenvalue weighted by Crippen LogP contribution is -2.10. The summed E-state index contributed by atoms with van der Waals surface area (Å²) in [5.41, 5.74) is 3.93. The molecule has 2 aromatic rings. The third-order valence-corrected chi connectivity index (χ3v) is 3.73. The minimum absolute atomic E-state index is 0.186. The van der Waals surface area contributed by atoms with Crippen molar-refractivity contribution >= 4 is 11.6 Å². The molecule has 0 spiro atoms. The van der Waals surface area contributed by atoms with Crippen LogP contribution in [0.5, 0.6) is 5.75 Å². The van der Waals surface area contributed by atoms with Crippen LogP contribution in [-0.4, -0.2) is 12.5 Å². The second-order valence-corrected chi connectivity index (χ2v) is 6.62. The van der Waals surface area contributed by atoms with Crippen LogP contribution in [0.3, 0.4) is 0 Å². The molecule has 0 saturated carbocycles. The van der Waals surface area contributed by atoms with E-state index in [0.29, 0.717) is 12.5 Å². The maximum Gasteiger partial charge on any atom is 0.119 e. The summed E-state index contributed by atoms with van der Waals surface area (Å²) >= 11 is 5.67. The van der Waals surface area contributed by atoms with Crippen molar-refractivity contribution in [3.8, 4) is 16.9 Å². The number of hydrogen-bond donors (Lipinski definition) is 0. The highest BCUT2D eigenvalue weighted by molar-refractivity contribution is 6.17. The fourth-order valence-electron chi connectivity index (χ4n) is 2.17. The van der Waals surface area contributed by atoms with Crippen LogP contribution >= 0.6 is 11.6 Å². The molecule has 0 atom stereocenters. The van der Waals surface area contributed by atoms with Crippen molar-refractivity contribution in [3.63, 3.8) is 0 Å². The van der Waals surface area contributed by atoms with Crippen molar-refractivity contribution in [1.29, 1.82) is 0 Å². The van der Waals surface area contributed by atoms with E-state index in [9.17, 15) is 0 Å². The molecule has 0 heterocycles. The highest BCUT2D eigenvalue weighted by atomic mass is 35.5. The van der Waals surface area contributed by atoms with Gasteiger partial charge in [0.1, 0.15) is 5.75 Å². The third kappa shape index (κ3) is 4.50. The van der Waals surface area contributed by atoms with E-state index in [-0.39, 0.29) is 5.41 Å². The normalized spacial score (nSPS) is 11.4. The zero-order valence-electron chi connectivity index (χ0n) is 13.0. The minimum atomic E-state index is 0.186. The van der Waals surface area contributed by atoms with Gasteiger partial charge in [-0.2, -0.15) is 0 Å². The zero-order chi connectivity index (χ0) is 15.3. The number of benzene rings is 2. The van der Waals surface area contributed by atoms with Gasteiger partial charge < -0.3 is 4.74 Å². The summed E-state index contributed by atoms with van der Waals surface area (Å²) in [7, 11) is 0. The van der Waals surface area contributed by atoms with Crippen molar-refractivity contribution in [3.05, 3.63) is 54.1 Å². The van der Waals surface area contributed by atoms with E-state index in [4.69, 9.17) is 16.3 Å². The molecule has 0 aromatic heterocycles. The summed E-state index contributed by atoms with van der Waals surface area (Å²) < 4.78 is 5.70. The van der Waals surface area contributed by atoms with E-state index in [1.165, 1.54) is 16.7 Å². The Morgan fingerprint density at radius 2 is 1.67 bits per heavy atom. The highest BCUT2D eigenvalue weighted by Crippen LogP contribution is 2.28. The number of halogens is 1. The largest absolute Gasteiger partial charge is 0.494 e. The Morgan fingerprint density at radius 3 is 2.29 bits per heavy atom. The summed E-state index contributed by atoms with van der Waals surface area (Å²) in [6.45, 7) is 7.35. The van der Waals surface area contributed by atoms with Crippen LogP contribution in [0.1, 0.15) is 32.8 Å². The predicted octanol–water partition coefficient (Wildman–Crippen LogP) is 5.66. The summed E-state index contributed by atoms with van der Waals surface area (Å²) in [5, 5.41) is 0. The van der Waals surface area contributed by atoms with Crippen LogP contribution in [0.15, 0.2) is 48.5 Å². The van der Waals surface area contributed by atoms with E-state index in [1.807, 2.05) is 12.1 Å². The molecule has 0 bridgehead atoms. The van der Waals surface area contributed by atoms with E-state index in [0.717, 1.165) is 12.2 Å². The Morgan fingerprint density at radius 1 is 0.952 bits per heavy atom. The fraction of sp³-hybridized carbons (Fsp3) is 0.368. The topological polar surface area (TPSA) is 9.23 Å². The molecule has 0 aliphatic rings. The van der Waals surface area contributed by atoms with Crippen molar-refractivity contribution in [2.24, 2.45) is 0 Å². The van der Waals surface area contributed by atoms with Crippen molar-refractivity contribution in [2.45, 2.75) is 32.6 Å². The monoisotopic (exact) mass is 302 g/mol. The van der Waals surface area contributed by atoms with Crippen LogP contribution in [-0.2, 0) is 5.41 Å². The molecular weight excluding hydrogens is 280 g/mol. The van der Waals surface area contributed by atoms with Crippen molar-refractivity contribution < 1.29 is 4.74 Å². The molecule has 0 aliphatic carbocycles. The van der Waals surface area contributed by atoms with Gasteiger partial charge in [0.15, 0.2) is 0 Å². The Labute approximate surface area is 132 Å².